The quantitative estimate of drug-likeness (QED) is 0.811. The molecular weight excluding hydrogens is 372 g/mol. The van der Waals surface area contributed by atoms with Crippen LogP contribution in [0, 0.1) is 0 Å². The molecule has 24 heavy (non-hydrogen) atoms. The number of carbonyl (C=O) groups excluding carboxylic acids is 2. The van der Waals surface area contributed by atoms with E-state index in [1.165, 1.54) is 0 Å². The van der Waals surface area contributed by atoms with Crippen LogP contribution in [0.5, 0.6) is 0 Å². The van der Waals surface area contributed by atoms with Crippen LogP contribution in [0.25, 0.3) is 0 Å². The summed E-state index contributed by atoms with van der Waals surface area (Å²) in [6.45, 7) is 7.94. The summed E-state index contributed by atoms with van der Waals surface area (Å²) in [5.41, 5.74) is 1.08. The van der Waals surface area contributed by atoms with Crippen molar-refractivity contribution < 1.29 is 14.0 Å². The molecule has 2 amide bonds. The Balaban J connectivity index is 2.19. The molecule has 128 valence electrons. The maximum absolute atomic E-state index is 12.7. The monoisotopic (exact) mass is 392 g/mol. The number of halogens is 1. The van der Waals surface area contributed by atoms with Crippen LogP contribution in [0.4, 0.5) is 5.69 Å². The Morgan fingerprint density at radius 2 is 1.75 bits per heavy atom. The molecule has 0 aliphatic heterocycles. The molecule has 0 fully saturated rings. The molecule has 0 bridgehead atoms. The maximum atomic E-state index is 12.7. The van der Waals surface area contributed by atoms with E-state index >= 15 is 0 Å². The number of benzene rings is 1. The van der Waals surface area contributed by atoms with Crippen LogP contribution < -0.4 is 5.32 Å². The minimum atomic E-state index is -0.366. The number of amides is 2. The normalized spacial score (nSPS) is 11.0. The summed E-state index contributed by atoms with van der Waals surface area (Å²) in [6, 6.07) is 10.3. The number of rotatable bonds is 5. The summed E-state index contributed by atoms with van der Waals surface area (Å²) in [6.07, 6.45) is 0. The number of furan rings is 1. The van der Waals surface area contributed by atoms with Gasteiger partial charge in [0.15, 0.2) is 10.4 Å². The van der Waals surface area contributed by atoms with Crippen LogP contribution in [-0.2, 0) is 0 Å². The van der Waals surface area contributed by atoms with Gasteiger partial charge in [0.1, 0.15) is 0 Å². The van der Waals surface area contributed by atoms with E-state index in [9.17, 15) is 9.59 Å². The first-order valence-electron chi connectivity index (χ1n) is 7.79. The first-order chi connectivity index (χ1) is 11.3. The third-order valence-corrected chi connectivity index (χ3v) is 3.94. The number of nitrogens with one attached hydrogen (secondary N) is 1. The van der Waals surface area contributed by atoms with Crippen molar-refractivity contribution in [3.63, 3.8) is 0 Å². The molecule has 1 aromatic carbocycles. The lowest BCUT2D eigenvalue weighted by Crippen LogP contribution is -2.42. The van der Waals surface area contributed by atoms with E-state index in [4.69, 9.17) is 4.42 Å². The molecule has 1 N–H and O–H groups in total. The zero-order chi connectivity index (χ0) is 17.9. The van der Waals surface area contributed by atoms with Crippen molar-refractivity contribution in [2.45, 2.75) is 39.8 Å². The minimum Gasteiger partial charge on any atom is -0.444 e. The van der Waals surface area contributed by atoms with Gasteiger partial charge >= 0.3 is 0 Å². The van der Waals surface area contributed by atoms with E-state index in [0.29, 0.717) is 15.9 Å². The van der Waals surface area contributed by atoms with Crippen LogP contribution in [0.1, 0.15) is 48.6 Å². The average molecular weight is 393 g/mol. The number of hydrogen-bond acceptors (Lipinski definition) is 3. The zero-order valence-electron chi connectivity index (χ0n) is 14.2. The van der Waals surface area contributed by atoms with Crippen molar-refractivity contribution in [1.29, 1.82) is 0 Å². The Labute approximate surface area is 150 Å². The summed E-state index contributed by atoms with van der Waals surface area (Å²) in [5.74, 6) is -0.226. The molecule has 1 aromatic heterocycles. The molecule has 0 aliphatic carbocycles. The molecule has 0 radical (unpaired) electrons. The van der Waals surface area contributed by atoms with Gasteiger partial charge in [-0.3, -0.25) is 9.59 Å². The van der Waals surface area contributed by atoms with E-state index in [-0.39, 0.29) is 29.7 Å². The summed E-state index contributed by atoms with van der Waals surface area (Å²) in [7, 11) is 0. The van der Waals surface area contributed by atoms with Crippen molar-refractivity contribution in [3.05, 3.63) is 52.4 Å². The van der Waals surface area contributed by atoms with Gasteiger partial charge in [0.05, 0.1) is 0 Å². The van der Waals surface area contributed by atoms with Gasteiger partial charge in [-0.1, -0.05) is 6.07 Å². The van der Waals surface area contributed by atoms with Gasteiger partial charge < -0.3 is 14.6 Å². The standard InChI is InChI=1S/C18H21BrN2O3/c1-11(2)21(12(3)4)18(23)13-6-5-7-14(10-13)20-17(22)15-8-9-16(19)24-15/h5-12H,1-4H3,(H,20,22). The first kappa shape index (κ1) is 18.3. The highest BCUT2D eigenvalue weighted by atomic mass is 79.9. The van der Waals surface area contributed by atoms with E-state index in [1.807, 2.05) is 32.6 Å². The molecule has 0 spiro atoms. The van der Waals surface area contributed by atoms with Crippen molar-refractivity contribution in [3.8, 4) is 0 Å². The average Bonchev–Trinajstić information content (AvgIpc) is 2.93. The van der Waals surface area contributed by atoms with E-state index in [2.05, 4.69) is 21.2 Å². The molecule has 0 atom stereocenters. The van der Waals surface area contributed by atoms with Gasteiger partial charge in [0.2, 0.25) is 0 Å². The highest BCUT2D eigenvalue weighted by Crippen LogP contribution is 2.19. The molecular formula is C18H21BrN2O3. The highest BCUT2D eigenvalue weighted by Gasteiger charge is 2.22. The van der Waals surface area contributed by atoms with Gasteiger partial charge in [-0.15, -0.1) is 0 Å². The van der Waals surface area contributed by atoms with E-state index in [0.717, 1.165) is 0 Å². The largest absolute Gasteiger partial charge is 0.444 e. The fourth-order valence-electron chi connectivity index (χ4n) is 2.57. The van der Waals surface area contributed by atoms with Crippen molar-refractivity contribution in [1.82, 2.24) is 4.90 Å². The predicted molar refractivity (Wildman–Crippen MR) is 97.2 cm³/mol. The Bertz CT molecular complexity index is 729. The third kappa shape index (κ3) is 4.26. The topological polar surface area (TPSA) is 62.6 Å². The highest BCUT2D eigenvalue weighted by molar-refractivity contribution is 9.10. The van der Waals surface area contributed by atoms with Crippen LogP contribution in [0.3, 0.4) is 0 Å². The molecule has 0 unspecified atom stereocenters. The summed E-state index contributed by atoms with van der Waals surface area (Å²) in [5, 5.41) is 2.74. The Morgan fingerprint density at radius 1 is 1.08 bits per heavy atom. The van der Waals surface area contributed by atoms with Crippen molar-refractivity contribution in [2.24, 2.45) is 0 Å². The SMILES string of the molecule is CC(C)N(C(=O)c1cccc(NC(=O)c2ccc(Br)o2)c1)C(C)C. The van der Waals surface area contributed by atoms with Crippen LogP contribution in [0.15, 0.2) is 45.5 Å². The Morgan fingerprint density at radius 3 is 2.29 bits per heavy atom. The molecule has 0 aliphatic rings. The smallest absolute Gasteiger partial charge is 0.291 e. The second-order valence-corrected chi connectivity index (χ2v) is 6.82. The Hall–Kier alpha value is -2.08. The summed E-state index contributed by atoms with van der Waals surface area (Å²) in [4.78, 5) is 26.7. The molecule has 0 saturated carbocycles. The molecule has 1 heterocycles. The summed E-state index contributed by atoms with van der Waals surface area (Å²) < 4.78 is 5.71. The summed E-state index contributed by atoms with van der Waals surface area (Å²) >= 11 is 3.16. The maximum Gasteiger partial charge on any atom is 0.291 e. The molecule has 2 rings (SSSR count). The lowest BCUT2D eigenvalue weighted by atomic mass is 10.1. The number of nitrogens with zero attached hydrogens (tertiary/aromatic N) is 1. The van der Waals surface area contributed by atoms with Crippen molar-refractivity contribution >= 4 is 33.4 Å². The molecule has 5 nitrogen and oxygen atoms in total. The van der Waals surface area contributed by atoms with Gasteiger partial charge in [-0.05, 0) is 74.0 Å². The second-order valence-electron chi connectivity index (χ2n) is 6.04. The van der Waals surface area contributed by atoms with Gasteiger partial charge in [0.25, 0.3) is 11.8 Å². The first-order valence-corrected chi connectivity index (χ1v) is 8.58. The van der Waals surface area contributed by atoms with Crippen molar-refractivity contribution in [2.75, 3.05) is 5.32 Å². The van der Waals surface area contributed by atoms with E-state index in [1.54, 1.807) is 36.4 Å². The number of anilines is 1. The fraction of sp³-hybridized carbons (Fsp3) is 0.333. The zero-order valence-corrected chi connectivity index (χ0v) is 15.8. The third-order valence-electron chi connectivity index (χ3n) is 3.51. The van der Waals surface area contributed by atoms with Crippen LogP contribution in [0.2, 0.25) is 0 Å². The lowest BCUT2D eigenvalue weighted by molar-refractivity contribution is 0.0643. The predicted octanol–water partition coefficient (Wildman–Crippen LogP) is 4.55. The minimum absolute atomic E-state index is 0.0585. The number of carbonyl (C=O) groups is 2. The molecule has 6 heteroatoms. The fourth-order valence-corrected chi connectivity index (χ4v) is 2.88. The number of hydrogen-bond donors (Lipinski definition) is 1. The van der Waals surface area contributed by atoms with Crippen LogP contribution >= 0.6 is 15.9 Å². The lowest BCUT2D eigenvalue weighted by Gasteiger charge is -2.31. The second kappa shape index (κ2) is 7.66. The Kier molecular flexibility index (Phi) is 5.83. The van der Waals surface area contributed by atoms with E-state index < -0.39 is 0 Å². The molecule has 2 aromatic rings. The van der Waals surface area contributed by atoms with Gasteiger partial charge in [0, 0.05) is 23.3 Å². The van der Waals surface area contributed by atoms with Crippen LogP contribution in [-0.4, -0.2) is 28.8 Å². The van der Waals surface area contributed by atoms with Gasteiger partial charge in [-0.25, -0.2) is 0 Å². The van der Waals surface area contributed by atoms with Gasteiger partial charge in [-0.2, -0.15) is 0 Å². The molecule has 0 saturated heterocycles.